The van der Waals surface area contributed by atoms with E-state index in [9.17, 15) is 9.90 Å². The molecule has 0 aromatic rings. The van der Waals surface area contributed by atoms with E-state index in [0.29, 0.717) is 23.2 Å². The molecular weight excluding hydrogens is 460 g/mol. The van der Waals surface area contributed by atoms with Crippen LogP contribution in [0, 0.1) is 50.2 Å². The molecule has 37 heavy (non-hydrogen) atoms. The van der Waals surface area contributed by atoms with E-state index in [1.165, 1.54) is 39.0 Å². The fraction of sp³-hybridized carbons (Fsp3) is 0.909. The summed E-state index contributed by atoms with van der Waals surface area (Å²) < 4.78 is 12.3. The summed E-state index contributed by atoms with van der Waals surface area (Å²) in [6.45, 7) is 21.0. The number of hydrogen-bond acceptors (Lipinski definition) is 4. The topological polar surface area (TPSA) is 55.8 Å². The number of hydrogen-bond donors (Lipinski definition) is 1. The van der Waals surface area contributed by atoms with Gasteiger partial charge in [-0.05, 0) is 78.4 Å². The summed E-state index contributed by atoms with van der Waals surface area (Å²) >= 11 is 0. The number of esters is 1. The molecule has 1 N–H and O–H groups in total. The van der Waals surface area contributed by atoms with Crippen LogP contribution < -0.4 is 0 Å². The number of carbonyl (C=O) groups excluding carboxylic acids is 1. The molecule has 0 radical (unpaired) electrons. The summed E-state index contributed by atoms with van der Waals surface area (Å²) in [5, 5.41) is 12.0. The summed E-state index contributed by atoms with van der Waals surface area (Å²) in [4.78, 5) is 12.0. The molecule has 4 saturated carbocycles. The zero-order valence-corrected chi connectivity index (χ0v) is 25.4. The highest BCUT2D eigenvalue weighted by Gasteiger charge is 2.72. The van der Waals surface area contributed by atoms with E-state index in [4.69, 9.17) is 9.47 Å². The van der Waals surface area contributed by atoms with Crippen molar-refractivity contribution in [1.82, 2.24) is 0 Å². The number of rotatable bonds is 2. The fourth-order valence-corrected chi connectivity index (χ4v) is 11.1. The monoisotopic (exact) mass is 514 g/mol. The highest BCUT2D eigenvalue weighted by molar-refractivity contribution is 5.66. The molecule has 0 bridgehead atoms. The Morgan fingerprint density at radius 2 is 1.62 bits per heavy atom. The second-order valence-corrected chi connectivity index (χ2v) is 16.3. The van der Waals surface area contributed by atoms with Crippen LogP contribution in [-0.4, -0.2) is 36.5 Å². The molecular formula is C33H54O4. The molecule has 10 unspecified atom stereocenters. The van der Waals surface area contributed by atoms with Crippen molar-refractivity contribution in [2.24, 2.45) is 50.2 Å². The molecule has 0 spiro atoms. The summed E-state index contributed by atoms with van der Waals surface area (Å²) in [7, 11) is 1.88. The molecule has 0 aromatic heterocycles. The Kier molecular flexibility index (Phi) is 6.23. The van der Waals surface area contributed by atoms with Gasteiger partial charge in [-0.2, -0.15) is 0 Å². The quantitative estimate of drug-likeness (QED) is 0.309. The highest BCUT2D eigenvalue weighted by atomic mass is 16.5. The minimum atomic E-state index is -0.529. The highest BCUT2D eigenvalue weighted by Crippen LogP contribution is 2.76. The van der Waals surface area contributed by atoms with E-state index in [0.717, 1.165) is 12.8 Å². The van der Waals surface area contributed by atoms with E-state index in [2.05, 4.69) is 61.5 Å². The predicted molar refractivity (Wildman–Crippen MR) is 148 cm³/mol. The Morgan fingerprint density at radius 3 is 2.24 bits per heavy atom. The van der Waals surface area contributed by atoms with E-state index in [1.807, 2.05) is 7.11 Å². The standard InChI is InChI=1S/C33H54O4/c1-20(34)37-26-18-25(35)33(9)24(29(26,4)5)11-12-32(8)27(33)23(36-10)17-21-22-19-28(2,3)13-14-30(22,6)15-16-31(21,32)7/h17,22-27,35H,11-16,18-19H2,1-10H3. The second-order valence-electron chi connectivity index (χ2n) is 16.3. The third-order valence-electron chi connectivity index (χ3n) is 13.6. The van der Waals surface area contributed by atoms with Gasteiger partial charge in [0.05, 0.1) is 12.2 Å². The average Bonchev–Trinajstić information content (AvgIpc) is 2.78. The van der Waals surface area contributed by atoms with Gasteiger partial charge in [0, 0.05) is 37.2 Å². The third-order valence-corrected chi connectivity index (χ3v) is 13.6. The van der Waals surface area contributed by atoms with Crippen LogP contribution >= 0.6 is 0 Å². The van der Waals surface area contributed by atoms with Crippen LogP contribution in [0.1, 0.15) is 114 Å². The Morgan fingerprint density at radius 1 is 0.973 bits per heavy atom. The Hall–Kier alpha value is -0.870. The van der Waals surface area contributed by atoms with Crippen LogP contribution in [-0.2, 0) is 14.3 Å². The second kappa shape index (κ2) is 8.32. The van der Waals surface area contributed by atoms with Crippen LogP contribution in [0.2, 0.25) is 0 Å². The zero-order chi connectivity index (χ0) is 27.4. The van der Waals surface area contributed by atoms with E-state index < -0.39 is 6.10 Å². The Labute approximate surface area is 226 Å². The van der Waals surface area contributed by atoms with Crippen LogP contribution in [0.4, 0.5) is 0 Å². The summed E-state index contributed by atoms with van der Waals surface area (Å²) in [6.07, 6.45) is 10.9. The molecule has 10 atom stereocenters. The SMILES string of the molecule is COC1C=C2C3CC(C)(C)CCC3(C)CCC2(C)C2(C)CCC3C(C)(C)C(OC(C)=O)CC(O)C3(C)C12. The van der Waals surface area contributed by atoms with Crippen LogP contribution in [0.25, 0.3) is 0 Å². The van der Waals surface area contributed by atoms with Gasteiger partial charge in [-0.25, -0.2) is 0 Å². The fourth-order valence-electron chi connectivity index (χ4n) is 11.1. The van der Waals surface area contributed by atoms with E-state index >= 15 is 0 Å². The number of allylic oxidation sites excluding steroid dienone is 1. The normalized spacial score (nSPS) is 52.0. The summed E-state index contributed by atoms with van der Waals surface area (Å²) in [6, 6.07) is 0. The maximum Gasteiger partial charge on any atom is 0.302 e. The van der Waals surface area contributed by atoms with Gasteiger partial charge in [0.2, 0.25) is 0 Å². The van der Waals surface area contributed by atoms with Gasteiger partial charge < -0.3 is 14.6 Å². The number of carbonyl (C=O) groups is 1. The largest absolute Gasteiger partial charge is 0.462 e. The summed E-state index contributed by atoms with van der Waals surface area (Å²) in [5.74, 6) is 0.829. The molecule has 0 heterocycles. The molecule has 5 aliphatic carbocycles. The van der Waals surface area contributed by atoms with Crippen molar-refractivity contribution in [2.75, 3.05) is 7.11 Å². The van der Waals surface area contributed by atoms with Gasteiger partial charge in [-0.1, -0.05) is 67.0 Å². The van der Waals surface area contributed by atoms with Crippen LogP contribution in [0.15, 0.2) is 11.6 Å². The molecule has 4 nitrogen and oxygen atoms in total. The van der Waals surface area contributed by atoms with Gasteiger partial charge in [-0.15, -0.1) is 0 Å². The van der Waals surface area contributed by atoms with Gasteiger partial charge >= 0.3 is 5.97 Å². The van der Waals surface area contributed by atoms with Gasteiger partial charge in [0.25, 0.3) is 0 Å². The molecule has 0 aromatic carbocycles. The van der Waals surface area contributed by atoms with E-state index in [-0.39, 0.29) is 51.7 Å². The maximum atomic E-state index is 12.0. The van der Waals surface area contributed by atoms with Crippen molar-refractivity contribution in [2.45, 2.75) is 132 Å². The summed E-state index contributed by atoms with van der Waals surface area (Å²) in [5.41, 5.74) is 2.06. The average molecular weight is 515 g/mol. The van der Waals surface area contributed by atoms with Crippen molar-refractivity contribution in [1.29, 1.82) is 0 Å². The molecule has 5 rings (SSSR count). The minimum absolute atomic E-state index is 0.0102. The van der Waals surface area contributed by atoms with Crippen molar-refractivity contribution in [3.8, 4) is 0 Å². The number of aliphatic hydroxyl groups excluding tert-OH is 1. The molecule has 0 aliphatic heterocycles. The van der Waals surface area contributed by atoms with Gasteiger partial charge in [-0.3, -0.25) is 4.79 Å². The van der Waals surface area contributed by atoms with Gasteiger partial charge in [0.15, 0.2) is 0 Å². The lowest BCUT2D eigenvalue weighted by molar-refractivity contribution is -0.265. The van der Waals surface area contributed by atoms with Gasteiger partial charge in [0.1, 0.15) is 6.10 Å². The molecule has 4 fully saturated rings. The number of aliphatic hydroxyl groups is 1. The first kappa shape index (κ1) is 27.7. The van der Waals surface area contributed by atoms with Crippen LogP contribution in [0.5, 0.6) is 0 Å². The first-order valence-corrected chi connectivity index (χ1v) is 15.1. The minimum Gasteiger partial charge on any atom is -0.462 e. The molecule has 4 heteroatoms. The van der Waals surface area contributed by atoms with Crippen molar-refractivity contribution < 1.29 is 19.4 Å². The first-order valence-electron chi connectivity index (χ1n) is 15.1. The number of methoxy groups -OCH3 is 1. The molecule has 210 valence electrons. The number of ether oxygens (including phenoxy) is 2. The lowest BCUT2D eigenvalue weighted by Crippen LogP contribution is -2.71. The Balaban J connectivity index is 1.63. The lowest BCUT2D eigenvalue weighted by Gasteiger charge is -2.73. The van der Waals surface area contributed by atoms with Crippen LogP contribution in [0.3, 0.4) is 0 Å². The van der Waals surface area contributed by atoms with E-state index in [1.54, 1.807) is 5.57 Å². The lowest BCUT2D eigenvalue weighted by atomic mass is 9.33. The molecule has 0 saturated heterocycles. The molecule has 5 aliphatic rings. The third kappa shape index (κ3) is 3.63. The zero-order valence-electron chi connectivity index (χ0n) is 25.4. The first-order chi connectivity index (χ1) is 17.0. The van der Waals surface area contributed by atoms with Crippen molar-refractivity contribution in [3.63, 3.8) is 0 Å². The predicted octanol–water partition coefficient (Wildman–Crippen LogP) is 7.34. The Bertz CT molecular complexity index is 981. The van der Waals surface area contributed by atoms with Crippen molar-refractivity contribution in [3.05, 3.63) is 11.6 Å². The molecule has 0 amide bonds. The number of fused-ring (bicyclic) bond motifs is 7. The smallest absolute Gasteiger partial charge is 0.302 e. The maximum absolute atomic E-state index is 12.0. The van der Waals surface area contributed by atoms with Crippen molar-refractivity contribution >= 4 is 5.97 Å².